The minimum atomic E-state index is -0.448. The molecule has 0 saturated heterocycles. The highest BCUT2D eigenvalue weighted by atomic mass is 79.9. The molecular formula is C20H17BrClN3O3S2. The normalized spacial score (nSPS) is 10.7. The Labute approximate surface area is 196 Å². The monoisotopic (exact) mass is 525 g/mol. The number of thiophene rings is 1. The van der Waals surface area contributed by atoms with E-state index < -0.39 is 11.8 Å². The average Bonchev–Trinajstić information content (AvgIpc) is 3.04. The fourth-order valence-corrected chi connectivity index (χ4v) is 4.56. The van der Waals surface area contributed by atoms with Crippen molar-refractivity contribution in [1.29, 1.82) is 0 Å². The van der Waals surface area contributed by atoms with Crippen molar-refractivity contribution in [3.8, 4) is 5.75 Å². The lowest BCUT2D eigenvalue weighted by atomic mass is 10.2. The predicted molar refractivity (Wildman–Crippen MR) is 127 cm³/mol. The molecule has 1 aromatic heterocycles. The number of thiocarbonyl (C=S) groups is 1. The largest absolute Gasteiger partial charge is 0.490 e. The highest BCUT2D eigenvalue weighted by Crippen LogP contribution is 2.34. The van der Waals surface area contributed by atoms with Crippen molar-refractivity contribution < 1.29 is 14.3 Å². The molecule has 0 fully saturated rings. The number of hydrogen-bond donors (Lipinski definition) is 3. The van der Waals surface area contributed by atoms with Crippen molar-refractivity contribution in [2.45, 2.75) is 20.0 Å². The van der Waals surface area contributed by atoms with Gasteiger partial charge in [0.15, 0.2) is 5.11 Å². The first-order valence-electron chi connectivity index (χ1n) is 8.81. The zero-order valence-electron chi connectivity index (χ0n) is 15.9. The zero-order valence-corrected chi connectivity index (χ0v) is 19.9. The fraction of sp³-hybridized carbons (Fsp3) is 0.150. The molecule has 10 heteroatoms. The van der Waals surface area contributed by atoms with Gasteiger partial charge < -0.3 is 4.74 Å². The van der Waals surface area contributed by atoms with Crippen LogP contribution in [0, 0.1) is 0 Å². The number of hydrogen-bond acceptors (Lipinski definition) is 5. The second-order valence-corrected chi connectivity index (χ2v) is 9.11. The molecule has 0 aliphatic heterocycles. The van der Waals surface area contributed by atoms with Crippen molar-refractivity contribution in [2.24, 2.45) is 0 Å². The summed E-state index contributed by atoms with van der Waals surface area (Å²) in [4.78, 5) is 25.2. The van der Waals surface area contributed by atoms with Crippen LogP contribution in [0.25, 0.3) is 10.1 Å². The maximum atomic E-state index is 12.4. The van der Waals surface area contributed by atoms with Gasteiger partial charge in [-0.2, -0.15) is 0 Å². The Balaban J connectivity index is 1.58. The van der Waals surface area contributed by atoms with Crippen molar-refractivity contribution >= 4 is 78.1 Å². The lowest BCUT2D eigenvalue weighted by Gasteiger charge is -2.13. The van der Waals surface area contributed by atoms with Gasteiger partial charge in [-0.05, 0) is 66.3 Å². The van der Waals surface area contributed by atoms with Gasteiger partial charge >= 0.3 is 0 Å². The van der Waals surface area contributed by atoms with E-state index in [1.54, 1.807) is 18.2 Å². The molecule has 3 aromatic rings. The van der Waals surface area contributed by atoms with Crippen LogP contribution in [0.5, 0.6) is 5.75 Å². The molecule has 0 bridgehead atoms. The molecule has 0 aliphatic rings. The third-order valence-corrected chi connectivity index (χ3v) is 6.31. The van der Waals surface area contributed by atoms with Crippen LogP contribution in [0.4, 0.5) is 0 Å². The summed E-state index contributed by atoms with van der Waals surface area (Å²) in [6, 6.07) is 12.4. The van der Waals surface area contributed by atoms with Crippen LogP contribution in [0.2, 0.25) is 5.02 Å². The number of carbonyl (C=O) groups excluding carboxylic acids is 2. The first kappa shape index (κ1) is 22.5. The van der Waals surface area contributed by atoms with E-state index >= 15 is 0 Å². The van der Waals surface area contributed by atoms with Crippen molar-refractivity contribution in [2.75, 3.05) is 0 Å². The predicted octanol–water partition coefficient (Wildman–Crippen LogP) is 5.05. The number of halogens is 2. The van der Waals surface area contributed by atoms with Gasteiger partial charge in [0.2, 0.25) is 0 Å². The molecule has 1 heterocycles. The van der Waals surface area contributed by atoms with Gasteiger partial charge in [0.05, 0.1) is 15.6 Å². The van der Waals surface area contributed by atoms with Gasteiger partial charge in [0.25, 0.3) is 11.8 Å². The van der Waals surface area contributed by atoms with Crippen LogP contribution in [0.1, 0.15) is 33.9 Å². The number of amides is 2. The summed E-state index contributed by atoms with van der Waals surface area (Å²) in [6.45, 7) is 3.83. The second-order valence-electron chi connectivity index (χ2n) is 6.42. The summed E-state index contributed by atoms with van der Waals surface area (Å²) in [5.74, 6) is -0.246. The fourth-order valence-electron chi connectivity index (χ4n) is 2.53. The Morgan fingerprint density at radius 1 is 1.13 bits per heavy atom. The number of benzene rings is 2. The van der Waals surface area contributed by atoms with E-state index in [1.165, 1.54) is 11.3 Å². The topological polar surface area (TPSA) is 79.5 Å². The minimum absolute atomic E-state index is 0.0100. The summed E-state index contributed by atoms with van der Waals surface area (Å²) in [5.41, 5.74) is 5.34. The van der Waals surface area contributed by atoms with E-state index in [0.29, 0.717) is 25.7 Å². The van der Waals surface area contributed by atoms with Crippen LogP contribution >= 0.6 is 51.1 Å². The molecule has 0 aliphatic carbocycles. The van der Waals surface area contributed by atoms with E-state index in [4.69, 9.17) is 28.6 Å². The summed E-state index contributed by atoms with van der Waals surface area (Å²) in [6.07, 6.45) is 0.0100. The van der Waals surface area contributed by atoms with Crippen molar-refractivity contribution in [1.82, 2.24) is 16.2 Å². The third-order valence-electron chi connectivity index (χ3n) is 3.81. The number of carbonyl (C=O) groups is 2. The second kappa shape index (κ2) is 9.74. The highest BCUT2D eigenvalue weighted by molar-refractivity contribution is 9.10. The quantitative estimate of drug-likeness (QED) is 0.327. The van der Waals surface area contributed by atoms with Gasteiger partial charge in [0.1, 0.15) is 10.6 Å². The Hall–Kier alpha value is -2.20. The Morgan fingerprint density at radius 3 is 2.53 bits per heavy atom. The van der Waals surface area contributed by atoms with Gasteiger partial charge in [-0.25, -0.2) is 0 Å². The summed E-state index contributed by atoms with van der Waals surface area (Å²) in [5, 5.41) is 3.64. The van der Waals surface area contributed by atoms with Crippen LogP contribution in [0.15, 0.2) is 46.9 Å². The zero-order chi connectivity index (χ0) is 21.8. The number of fused-ring (bicyclic) bond motifs is 1. The van der Waals surface area contributed by atoms with Gasteiger partial charge in [-0.3, -0.25) is 25.8 Å². The molecule has 3 N–H and O–H groups in total. The van der Waals surface area contributed by atoms with E-state index in [2.05, 4.69) is 32.1 Å². The lowest BCUT2D eigenvalue weighted by Crippen LogP contribution is -2.48. The maximum Gasteiger partial charge on any atom is 0.281 e. The highest BCUT2D eigenvalue weighted by Gasteiger charge is 2.17. The molecule has 0 spiro atoms. The third kappa shape index (κ3) is 5.28. The molecule has 0 radical (unpaired) electrons. The molecular weight excluding hydrogens is 510 g/mol. The van der Waals surface area contributed by atoms with Gasteiger partial charge in [0, 0.05) is 15.6 Å². The number of hydrazine groups is 1. The average molecular weight is 527 g/mol. The van der Waals surface area contributed by atoms with E-state index in [9.17, 15) is 9.59 Å². The number of rotatable bonds is 4. The lowest BCUT2D eigenvalue weighted by molar-refractivity contribution is 0.0938. The van der Waals surface area contributed by atoms with E-state index in [1.807, 2.05) is 38.1 Å². The van der Waals surface area contributed by atoms with Crippen molar-refractivity contribution in [3.05, 3.63) is 62.4 Å². The Kier molecular flexibility index (Phi) is 7.30. The SMILES string of the molecule is CC(C)Oc1ccc(C(=O)NC(=S)NNC(=O)c2sc3ccccc3c2Cl)cc1Br. The minimum Gasteiger partial charge on any atom is -0.490 e. The molecule has 2 aromatic carbocycles. The first-order valence-corrected chi connectivity index (χ1v) is 11.2. The van der Waals surface area contributed by atoms with Gasteiger partial charge in [-0.15, -0.1) is 11.3 Å². The smallest absolute Gasteiger partial charge is 0.281 e. The molecule has 0 unspecified atom stereocenters. The van der Waals surface area contributed by atoms with Gasteiger partial charge in [-0.1, -0.05) is 29.8 Å². The Bertz CT molecular complexity index is 1130. The summed E-state index contributed by atoms with van der Waals surface area (Å²) >= 11 is 16.0. The number of nitrogens with one attached hydrogen (secondary N) is 3. The molecule has 6 nitrogen and oxygen atoms in total. The number of ether oxygens (including phenoxy) is 1. The van der Waals surface area contributed by atoms with E-state index in [0.717, 1.165) is 10.1 Å². The van der Waals surface area contributed by atoms with Crippen LogP contribution in [-0.4, -0.2) is 23.0 Å². The molecule has 2 amide bonds. The first-order chi connectivity index (χ1) is 14.3. The standard InChI is InChI=1S/C20H17BrClN3O3S2/c1-10(2)28-14-8-7-11(9-13(14)21)18(26)23-20(29)25-24-19(27)17-16(22)12-5-3-4-6-15(12)30-17/h3-10H,1-2H3,(H,24,27)(H2,23,25,26,29). The summed E-state index contributed by atoms with van der Waals surface area (Å²) < 4.78 is 7.18. The molecule has 3 rings (SSSR count). The summed E-state index contributed by atoms with van der Waals surface area (Å²) in [7, 11) is 0. The maximum absolute atomic E-state index is 12.4. The molecule has 156 valence electrons. The molecule has 0 saturated carbocycles. The molecule has 30 heavy (non-hydrogen) atoms. The molecule has 0 atom stereocenters. The van der Waals surface area contributed by atoms with Crippen molar-refractivity contribution in [3.63, 3.8) is 0 Å². The Morgan fingerprint density at radius 2 is 1.87 bits per heavy atom. The van der Waals surface area contributed by atoms with Crippen LogP contribution in [-0.2, 0) is 0 Å². The van der Waals surface area contributed by atoms with Crippen LogP contribution < -0.4 is 20.9 Å². The van der Waals surface area contributed by atoms with E-state index in [-0.39, 0.29) is 11.2 Å². The van der Waals surface area contributed by atoms with Crippen LogP contribution in [0.3, 0.4) is 0 Å².